The van der Waals surface area contributed by atoms with Gasteiger partial charge in [0, 0.05) is 22.3 Å². The van der Waals surface area contributed by atoms with Crippen LogP contribution in [0, 0.1) is 10.1 Å². The summed E-state index contributed by atoms with van der Waals surface area (Å²) in [6, 6.07) is 5.91. The van der Waals surface area contributed by atoms with Crippen molar-refractivity contribution in [3.8, 4) is 11.5 Å². The summed E-state index contributed by atoms with van der Waals surface area (Å²) in [5.74, 6) is -0.509. The van der Waals surface area contributed by atoms with Gasteiger partial charge in [-0.2, -0.15) is 5.10 Å². The second-order valence-corrected chi connectivity index (χ2v) is 5.79. The van der Waals surface area contributed by atoms with E-state index in [0.29, 0.717) is 22.4 Å². The van der Waals surface area contributed by atoms with E-state index in [9.17, 15) is 14.9 Å². The molecule has 27 heavy (non-hydrogen) atoms. The lowest BCUT2D eigenvalue weighted by Crippen LogP contribution is -2.10. The predicted molar refractivity (Wildman–Crippen MR) is 101 cm³/mol. The van der Waals surface area contributed by atoms with E-state index >= 15 is 0 Å². The van der Waals surface area contributed by atoms with Gasteiger partial charge in [0.05, 0.1) is 17.7 Å². The number of nitrogens with one attached hydrogen (secondary N) is 1. The van der Waals surface area contributed by atoms with Gasteiger partial charge in [-0.3, -0.25) is 15.5 Å². The number of carbonyl (C=O) groups is 1. The Balaban J connectivity index is 2.23. The van der Waals surface area contributed by atoms with E-state index in [1.54, 1.807) is 19.1 Å². The molecular formula is C16H15BrN4O6. The van der Waals surface area contributed by atoms with Crippen LogP contribution in [0.5, 0.6) is 11.5 Å². The smallest absolute Gasteiger partial charge is 0.341 e. The molecule has 1 aromatic heterocycles. The summed E-state index contributed by atoms with van der Waals surface area (Å²) in [6.45, 7) is 1.61. The van der Waals surface area contributed by atoms with E-state index in [2.05, 4.69) is 31.4 Å². The average molecular weight is 439 g/mol. The maximum atomic E-state index is 11.0. The molecule has 0 aliphatic rings. The van der Waals surface area contributed by atoms with Crippen LogP contribution in [0.4, 0.5) is 11.5 Å². The van der Waals surface area contributed by atoms with Crippen LogP contribution < -0.4 is 14.9 Å². The Morgan fingerprint density at radius 2 is 2.19 bits per heavy atom. The quantitative estimate of drug-likeness (QED) is 0.346. The predicted octanol–water partition coefficient (Wildman–Crippen LogP) is 3.06. The first-order valence-electron chi connectivity index (χ1n) is 7.61. The van der Waals surface area contributed by atoms with Crippen LogP contribution in [0.25, 0.3) is 0 Å². The van der Waals surface area contributed by atoms with Crippen LogP contribution >= 0.6 is 15.9 Å². The van der Waals surface area contributed by atoms with Crippen LogP contribution in [0.3, 0.4) is 0 Å². The van der Waals surface area contributed by atoms with E-state index in [1.807, 2.05) is 0 Å². The summed E-state index contributed by atoms with van der Waals surface area (Å²) in [7, 11) is 0. The number of hydrazone groups is 1. The molecular weight excluding hydrogens is 424 g/mol. The Hall–Kier alpha value is -3.21. The Bertz CT molecular complexity index is 874. The van der Waals surface area contributed by atoms with Crippen molar-refractivity contribution in [1.29, 1.82) is 0 Å². The van der Waals surface area contributed by atoms with Crippen molar-refractivity contribution in [3.63, 3.8) is 0 Å². The van der Waals surface area contributed by atoms with Gasteiger partial charge < -0.3 is 14.6 Å². The molecule has 0 aliphatic carbocycles. The number of anilines is 1. The van der Waals surface area contributed by atoms with Crippen LogP contribution in [0.1, 0.15) is 12.5 Å². The van der Waals surface area contributed by atoms with Crippen molar-refractivity contribution >= 4 is 39.6 Å². The number of aliphatic carboxylic acids is 1. The summed E-state index contributed by atoms with van der Waals surface area (Å²) in [5.41, 5.74) is 2.89. The third-order valence-electron chi connectivity index (χ3n) is 3.07. The van der Waals surface area contributed by atoms with Gasteiger partial charge in [0.2, 0.25) is 5.82 Å². The zero-order chi connectivity index (χ0) is 19.8. The standard InChI is InChI=1S/C16H15BrN4O6/c1-2-26-13-6-10(11(17)7-14(13)27-9-15(22)23)8-19-20-16-12(21(24)25)4-3-5-18-16/h3-8H,2,9H2,1H3,(H,18,20)(H,22,23)/b19-8-. The fraction of sp³-hybridized carbons (Fsp3) is 0.188. The second kappa shape index (κ2) is 9.48. The summed E-state index contributed by atoms with van der Waals surface area (Å²) in [4.78, 5) is 25.0. The second-order valence-electron chi connectivity index (χ2n) is 4.93. The Morgan fingerprint density at radius 3 is 2.85 bits per heavy atom. The molecule has 0 aliphatic heterocycles. The highest BCUT2D eigenvalue weighted by Gasteiger charge is 2.14. The Kier molecular flexibility index (Phi) is 7.06. The highest BCUT2D eigenvalue weighted by Crippen LogP contribution is 2.33. The largest absolute Gasteiger partial charge is 0.490 e. The van der Waals surface area contributed by atoms with Gasteiger partial charge in [-0.1, -0.05) is 0 Å². The number of carboxylic acids is 1. The first kappa shape index (κ1) is 20.1. The van der Waals surface area contributed by atoms with Crippen LogP contribution in [-0.2, 0) is 4.79 Å². The van der Waals surface area contributed by atoms with Gasteiger partial charge in [0.15, 0.2) is 18.1 Å². The van der Waals surface area contributed by atoms with Crippen LogP contribution in [-0.4, -0.2) is 40.4 Å². The molecule has 2 aromatic rings. The van der Waals surface area contributed by atoms with Gasteiger partial charge in [-0.25, -0.2) is 9.78 Å². The minimum Gasteiger partial charge on any atom is -0.490 e. The lowest BCUT2D eigenvalue weighted by Gasteiger charge is -2.12. The van der Waals surface area contributed by atoms with Gasteiger partial charge in [0.25, 0.3) is 0 Å². The molecule has 10 nitrogen and oxygen atoms in total. The molecule has 0 fully saturated rings. The average Bonchev–Trinajstić information content (AvgIpc) is 2.63. The number of rotatable bonds is 9. The maximum Gasteiger partial charge on any atom is 0.341 e. The zero-order valence-electron chi connectivity index (χ0n) is 14.1. The third-order valence-corrected chi connectivity index (χ3v) is 3.76. The molecule has 142 valence electrons. The van der Waals surface area contributed by atoms with Gasteiger partial charge in [-0.15, -0.1) is 0 Å². The summed E-state index contributed by atoms with van der Waals surface area (Å²) >= 11 is 3.34. The Labute approximate surface area is 162 Å². The fourth-order valence-corrected chi connectivity index (χ4v) is 2.39. The molecule has 1 heterocycles. The zero-order valence-corrected chi connectivity index (χ0v) is 15.7. The summed E-state index contributed by atoms with van der Waals surface area (Å²) < 4.78 is 11.2. The van der Waals surface area contributed by atoms with Crippen molar-refractivity contribution in [2.75, 3.05) is 18.6 Å². The van der Waals surface area contributed by atoms with Gasteiger partial charge in [0.1, 0.15) is 0 Å². The number of carboxylic acid groups (broad SMARTS) is 1. The van der Waals surface area contributed by atoms with Crippen molar-refractivity contribution in [3.05, 3.63) is 50.6 Å². The van der Waals surface area contributed by atoms with Gasteiger partial charge >= 0.3 is 11.7 Å². The number of benzene rings is 1. The van der Waals surface area contributed by atoms with Crippen molar-refractivity contribution in [2.45, 2.75) is 6.92 Å². The number of halogens is 1. The minimum absolute atomic E-state index is 0.00122. The lowest BCUT2D eigenvalue weighted by molar-refractivity contribution is -0.384. The Morgan fingerprint density at radius 1 is 1.44 bits per heavy atom. The van der Waals surface area contributed by atoms with Crippen LogP contribution in [0.15, 0.2) is 40.0 Å². The van der Waals surface area contributed by atoms with E-state index in [1.165, 1.54) is 24.5 Å². The molecule has 1 aromatic carbocycles. The van der Waals surface area contributed by atoms with E-state index in [-0.39, 0.29) is 17.3 Å². The highest BCUT2D eigenvalue weighted by molar-refractivity contribution is 9.10. The van der Waals surface area contributed by atoms with Crippen molar-refractivity contribution in [2.24, 2.45) is 5.10 Å². The van der Waals surface area contributed by atoms with Crippen molar-refractivity contribution < 1.29 is 24.3 Å². The maximum absolute atomic E-state index is 11.0. The van der Waals surface area contributed by atoms with E-state index in [0.717, 1.165) is 0 Å². The molecule has 0 spiro atoms. The molecule has 0 amide bonds. The molecule has 2 N–H and O–H groups in total. The fourth-order valence-electron chi connectivity index (χ4n) is 1.96. The normalized spacial score (nSPS) is 10.6. The molecule has 0 bridgehead atoms. The SMILES string of the molecule is CCOc1cc(/C=N\Nc2ncccc2[N+](=O)[O-])c(Br)cc1OCC(=O)O. The number of pyridine rings is 1. The first-order valence-corrected chi connectivity index (χ1v) is 8.41. The molecule has 0 unspecified atom stereocenters. The monoisotopic (exact) mass is 438 g/mol. The number of nitro groups is 1. The lowest BCUT2D eigenvalue weighted by atomic mass is 10.2. The molecule has 2 rings (SSSR count). The topological polar surface area (TPSA) is 136 Å². The number of ether oxygens (including phenoxy) is 2. The number of nitrogens with zero attached hydrogens (tertiary/aromatic N) is 3. The van der Waals surface area contributed by atoms with Gasteiger partial charge in [-0.05, 0) is 41.1 Å². The van der Waals surface area contributed by atoms with Crippen molar-refractivity contribution in [1.82, 2.24) is 4.98 Å². The van der Waals surface area contributed by atoms with Crippen LogP contribution in [0.2, 0.25) is 0 Å². The number of hydrogen-bond donors (Lipinski definition) is 2. The number of aromatic nitrogens is 1. The first-order chi connectivity index (χ1) is 12.9. The minimum atomic E-state index is -1.11. The number of hydrogen-bond acceptors (Lipinski definition) is 8. The molecule has 0 radical (unpaired) electrons. The highest BCUT2D eigenvalue weighted by atomic mass is 79.9. The summed E-state index contributed by atoms with van der Waals surface area (Å²) in [5, 5.41) is 23.7. The van der Waals surface area contributed by atoms with E-state index < -0.39 is 17.5 Å². The summed E-state index contributed by atoms with van der Waals surface area (Å²) in [6.07, 6.45) is 2.81. The van der Waals surface area contributed by atoms with E-state index in [4.69, 9.17) is 14.6 Å². The molecule has 0 saturated carbocycles. The molecule has 0 atom stereocenters. The molecule has 11 heteroatoms. The molecule has 0 saturated heterocycles. The third kappa shape index (κ3) is 5.64.